The van der Waals surface area contributed by atoms with Gasteiger partial charge in [-0.25, -0.2) is 9.97 Å². The maximum atomic E-state index is 13.7. The van der Waals surface area contributed by atoms with Crippen molar-refractivity contribution in [1.29, 1.82) is 5.26 Å². The molecule has 5 N–H and O–H groups in total. The number of hydrogen-bond acceptors (Lipinski definition) is 9. The molecule has 4 heterocycles. The van der Waals surface area contributed by atoms with Crippen molar-refractivity contribution < 1.29 is 32.7 Å². The number of benzene rings is 1. The fourth-order valence-electron chi connectivity index (χ4n) is 4.62. The summed E-state index contributed by atoms with van der Waals surface area (Å²) in [5.41, 5.74) is 0.604. The van der Waals surface area contributed by atoms with Crippen molar-refractivity contribution in [2.75, 3.05) is 25.0 Å². The Morgan fingerprint density at radius 1 is 1.30 bits per heavy atom. The maximum absolute atomic E-state index is 13.7. The Bertz CT molecular complexity index is 1700. The number of nitrogens with zero attached hydrogens (tertiary/aromatic N) is 6. The number of hydrogen-bond donors (Lipinski definition) is 5. The third-order valence-corrected chi connectivity index (χ3v) is 6.54. The number of alkyl halides is 3. The lowest BCUT2D eigenvalue weighted by molar-refractivity contribution is -0.141. The summed E-state index contributed by atoms with van der Waals surface area (Å²) in [5.74, 6) is -0.392. The van der Waals surface area contributed by atoms with E-state index in [4.69, 9.17) is 15.2 Å². The lowest BCUT2D eigenvalue weighted by Gasteiger charge is -2.13. The van der Waals surface area contributed by atoms with Crippen LogP contribution < -0.4 is 21.3 Å². The normalized spacial score (nSPS) is 14.3. The second-order valence-corrected chi connectivity index (χ2v) is 9.56. The molecule has 1 aromatic carbocycles. The molecule has 14 nitrogen and oxygen atoms in total. The average molecular weight is 613 g/mol. The molecule has 0 spiro atoms. The predicted octanol–water partition coefficient (Wildman–Crippen LogP) is 2.10. The number of amides is 2. The molecule has 3 aromatic heterocycles. The number of fused-ring (bicyclic) bond motifs is 1. The monoisotopic (exact) mass is 612 g/mol. The van der Waals surface area contributed by atoms with Crippen LogP contribution >= 0.6 is 0 Å². The Labute approximate surface area is 247 Å². The number of imidazole rings is 1. The van der Waals surface area contributed by atoms with Crippen molar-refractivity contribution in [2.24, 2.45) is 0 Å². The fourth-order valence-corrected chi connectivity index (χ4v) is 4.62. The van der Waals surface area contributed by atoms with Crippen molar-refractivity contribution in [3.05, 3.63) is 59.8 Å². The summed E-state index contributed by atoms with van der Waals surface area (Å²) >= 11 is 0. The maximum Gasteiger partial charge on any atom is 0.435 e. The van der Waals surface area contributed by atoms with Gasteiger partial charge in [0.1, 0.15) is 6.54 Å². The smallest absolute Gasteiger partial charge is 0.435 e. The van der Waals surface area contributed by atoms with Gasteiger partial charge in [0.15, 0.2) is 17.2 Å². The molecule has 1 aliphatic heterocycles. The number of nitrogens with one attached hydrogen (secondary N) is 4. The van der Waals surface area contributed by atoms with E-state index in [9.17, 15) is 22.8 Å². The quantitative estimate of drug-likeness (QED) is 0.184. The molecule has 1 saturated heterocycles. The molecule has 17 heteroatoms. The molecule has 0 saturated carbocycles. The zero-order valence-corrected chi connectivity index (χ0v) is 23.2. The van der Waals surface area contributed by atoms with Gasteiger partial charge in [-0.3, -0.25) is 23.5 Å². The Morgan fingerprint density at radius 3 is 2.73 bits per heavy atom. The van der Waals surface area contributed by atoms with Crippen molar-refractivity contribution in [3.63, 3.8) is 0 Å². The van der Waals surface area contributed by atoms with Crippen molar-refractivity contribution >= 4 is 35.4 Å². The van der Waals surface area contributed by atoms with Crippen molar-refractivity contribution in [3.8, 4) is 17.3 Å². The summed E-state index contributed by atoms with van der Waals surface area (Å²) in [7, 11) is 0. The van der Waals surface area contributed by atoms with Crippen molar-refractivity contribution in [1.82, 2.24) is 40.1 Å². The standard InChI is InChI=1S/C26H25F3N10O2.CH2O2/c1-15-10-16(2-3-18(15)25(41)34-13-21(40)35-17-4-6-31-11-17)36-23-24-33-12-20(39(24)9-7-32-23)19-14-38(8-5-30)37-22(19)26(27,28)29;2-1-3/h2-3,7,9-10,12,14,17,31H,4,6,8,11,13H2,1H3,(H,32,36)(H,34,41)(H,35,40);1H,(H,2,3)/t17-;/m0./s1. The van der Waals surface area contributed by atoms with Crippen LogP contribution in [-0.2, 0) is 22.3 Å². The van der Waals surface area contributed by atoms with Crippen LogP contribution in [0, 0.1) is 18.3 Å². The molecule has 0 radical (unpaired) electrons. The molecule has 4 aromatic rings. The number of rotatable bonds is 8. The summed E-state index contributed by atoms with van der Waals surface area (Å²) in [4.78, 5) is 41.7. The minimum Gasteiger partial charge on any atom is -0.483 e. The highest BCUT2D eigenvalue weighted by atomic mass is 19.4. The van der Waals surface area contributed by atoms with Gasteiger partial charge in [0.05, 0.1) is 30.1 Å². The largest absolute Gasteiger partial charge is 0.483 e. The van der Waals surface area contributed by atoms with Crippen LogP contribution in [0.25, 0.3) is 16.9 Å². The molecule has 0 unspecified atom stereocenters. The van der Waals surface area contributed by atoms with E-state index in [1.54, 1.807) is 31.2 Å². The molecular formula is C27H27F3N10O4. The van der Waals surface area contributed by atoms with Crippen LogP contribution in [0.4, 0.5) is 24.7 Å². The second-order valence-electron chi connectivity index (χ2n) is 9.56. The fraction of sp³-hybridized carbons (Fsp3) is 0.296. The first-order chi connectivity index (χ1) is 21.0. The number of carbonyl (C=O) groups is 3. The van der Waals surface area contributed by atoms with Crippen LogP contribution in [0.3, 0.4) is 0 Å². The summed E-state index contributed by atoms with van der Waals surface area (Å²) < 4.78 is 43.5. The molecule has 230 valence electrons. The van der Waals surface area contributed by atoms with E-state index < -0.39 is 17.8 Å². The van der Waals surface area contributed by atoms with Gasteiger partial charge < -0.3 is 26.4 Å². The van der Waals surface area contributed by atoms with Crippen LogP contribution in [-0.4, -0.2) is 73.2 Å². The summed E-state index contributed by atoms with van der Waals surface area (Å²) in [6, 6.07) is 6.80. The highest BCUT2D eigenvalue weighted by Gasteiger charge is 2.38. The van der Waals surface area contributed by atoms with Gasteiger partial charge in [-0.05, 0) is 43.7 Å². The number of nitriles is 1. The Kier molecular flexibility index (Phi) is 9.75. The van der Waals surface area contributed by atoms with Crippen LogP contribution in [0.1, 0.15) is 28.0 Å². The molecule has 1 atom stereocenters. The minimum atomic E-state index is -4.74. The van der Waals surface area contributed by atoms with Gasteiger partial charge in [-0.2, -0.15) is 23.5 Å². The Hall–Kier alpha value is -5.50. The lowest BCUT2D eigenvalue weighted by Crippen LogP contribution is -2.42. The molecular weight excluding hydrogens is 585 g/mol. The van der Waals surface area contributed by atoms with E-state index in [1.165, 1.54) is 23.0 Å². The third-order valence-electron chi connectivity index (χ3n) is 6.54. The molecule has 0 aliphatic carbocycles. The Balaban J connectivity index is 0.00000141. The second kappa shape index (κ2) is 13.6. The van der Waals surface area contributed by atoms with Crippen LogP contribution in [0.2, 0.25) is 0 Å². The first kappa shape index (κ1) is 31.4. The molecule has 5 rings (SSSR count). The number of carbonyl (C=O) groups excluding carboxylic acids is 2. The molecule has 1 aliphatic rings. The number of aromatic nitrogens is 5. The van der Waals surface area contributed by atoms with Crippen molar-refractivity contribution in [2.45, 2.75) is 32.1 Å². The average Bonchev–Trinajstić information content (AvgIpc) is 3.73. The molecule has 2 amide bonds. The van der Waals surface area contributed by atoms with E-state index in [0.717, 1.165) is 23.8 Å². The summed E-state index contributed by atoms with van der Waals surface area (Å²) in [5, 5.41) is 31.1. The number of anilines is 2. The zero-order chi connectivity index (χ0) is 31.9. The van der Waals surface area contributed by atoms with Gasteiger partial charge >= 0.3 is 6.18 Å². The minimum absolute atomic E-state index is 0.0590. The first-order valence-electron chi connectivity index (χ1n) is 13.1. The van der Waals surface area contributed by atoms with E-state index in [1.807, 2.05) is 0 Å². The van der Waals surface area contributed by atoms with E-state index >= 15 is 0 Å². The number of halogens is 3. The highest BCUT2D eigenvalue weighted by Crippen LogP contribution is 2.37. The van der Waals surface area contributed by atoms with Crippen LogP contribution in [0.5, 0.6) is 0 Å². The van der Waals surface area contributed by atoms with Crippen LogP contribution in [0.15, 0.2) is 43.0 Å². The topological polar surface area (TPSA) is 191 Å². The number of aryl methyl sites for hydroxylation is 1. The zero-order valence-electron chi connectivity index (χ0n) is 23.2. The van der Waals surface area contributed by atoms with Gasteiger partial charge in [-0.1, -0.05) is 0 Å². The third kappa shape index (κ3) is 7.28. The SMILES string of the molecule is Cc1cc(Nc2nccn3c(-c4cn(CC#N)nc4C(F)(F)F)cnc23)ccc1C(=O)NCC(=O)N[C@H]1CCNC1.O=CO. The Morgan fingerprint density at radius 2 is 2.07 bits per heavy atom. The highest BCUT2D eigenvalue weighted by molar-refractivity contribution is 5.98. The summed E-state index contributed by atoms with van der Waals surface area (Å²) in [6.07, 6.45) is 1.43. The van der Waals surface area contributed by atoms with Gasteiger partial charge in [-0.15, -0.1) is 0 Å². The van der Waals surface area contributed by atoms with Gasteiger partial charge in [0, 0.05) is 42.4 Å². The van der Waals surface area contributed by atoms with E-state index in [0.29, 0.717) is 23.4 Å². The first-order valence-corrected chi connectivity index (χ1v) is 13.1. The van der Waals surface area contributed by atoms with Gasteiger partial charge in [0.2, 0.25) is 5.91 Å². The molecule has 0 bridgehead atoms. The summed E-state index contributed by atoms with van der Waals surface area (Å²) in [6.45, 7) is 2.55. The van der Waals surface area contributed by atoms with E-state index in [-0.39, 0.29) is 54.2 Å². The molecule has 44 heavy (non-hydrogen) atoms. The number of carboxylic acid groups (broad SMARTS) is 1. The van der Waals surface area contributed by atoms with Gasteiger partial charge in [0.25, 0.3) is 12.4 Å². The van der Waals surface area contributed by atoms with E-state index in [2.05, 4.69) is 36.3 Å². The predicted molar refractivity (Wildman–Crippen MR) is 150 cm³/mol. The lowest BCUT2D eigenvalue weighted by atomic mass is 10.1. The molecule has 1 fully saturated rings.